The first kappa shape index (κ1) is 23.1. The van der Waals surface area contributed by atoms with Crippen LogP contribution in [0.1, 0.15) is 11.1 Å². The number of para-hydroxylation sites is 1. The highest BCUT2D eigenvalue weighted by Crippen LogP contribution is 2.23. The molecule has 2 aromatic carbocycles. The number of aliphatic carboxylic acids is 1. The van der Waals surface area contributed by atoms with E-state index in [9.17, 15) is 13.2 Å². The van der Waals surface area contributed by atoms with Gasteiger partial charge in [-0.2, -0.15) is 13.2 Å². The number of aliphatic imine (C=N–C) groups is 1. The number of fused-ring (bicyclic) bond motifs is 1. The Bertz CT molecular complexity index is 1040. The molecule has 0 radical (unpaired) electrons. The largest absolute Gasteiger partial charge is 0.490 e. The molecule has 3 rings (SSSR count). The van der Waals surface area contributed by atoms with Crippen LogP contribution in [-0.4, -0.2) is 34.3 Å². The lowest BCUT2D eigenvalue weighted by atomic mass is 10.1. The van der Waals surface area contributed by atoms with Gasteiger partial charge in [0.05, 0.1) is 0 Å². The van der Waals surface area contributed by atoms with Crippen molar-refractivity contribution in [3.63, 3.8) is 0 Å². The smallest absolute Gasteiger partial charge is 0.475 e. The van der Waals surface area contributed by atoms with Crippen LogP contribution >= 0.6 is 11.6 Å². The van der Waals surface area contributed by atoms with Gasteiger partial charge in [0.1, 0.15) is 0 Å². The fourth-order valence-electron chi connectivity index (χ4n) is 2.79. The van der Waals surface area contributed by atoms with Gasteiger partial charge in [0, 0.05) is 35.2 Å². The van der Waals surface area contributed by atoms with E-state index in [2.05, 4.69) is 46.1 Å². The van der Waals surface area contributed by atoms with Crippen molar-refractivity contribution >= 4 is 34.4 Å². The van der Waals surface area contributed by atoms with Gasteiger partial charge in [-0.3, -0.25) is 4.99 Å². The number of rotatable bonds is 5. The third-order valence-corrected chi connectivity index (χ3v) is 4.27. The molecule has 0 aliphatic rings. The number of nitrogens with zero attached hydrogens (tertiary/aromatic N) is 2. The summed E-state index contributed by atoms with van der Waals surface area (Å²) in [4.78, 5) is 13.0. The van der Waals surface area contributed by atoms with E-state index in [1.54, 1.807) is 0 Å². The lowest BCUT2D eigenvalue weighted by Gasteiger charge is -2.06. The topological polar surface area (TPSA) is 107 Å². The highest BCUT2D eigenvalue weighted by Gasteiger charge is 2.38. The molecule has 1 heterocycles. The maximum absolute atomic E-state index is 10.6. The fraction of sp³-hybridized carbons (Fsp3) is 0.200. The molecule has 30 heavy (non-hydrogen) atoms. The quantitative estimate of drug-likeness (QED) is 0.414. The molecule has 3 aromatic rings. The van der Waals surface area contributed by atoms with Crippen LogP contribution in [0.5, 0.6) is 0 Å². The number of carboxylic acids is 1. The van der Waals surface area contributed by atoms with Crippen LogP contribution in [0.25, 0.3) is 10.9 Å². The molecular weight excluding hydrogens is 421 g/mol. The third-order valence-electron chi connectivity index (χ3n) is 4.03. The average molecular weight is 441 g/mol. The molecular formula is C20H20ClF3N4O2. The number of hydrogen-bond donors (Lipinski definition) is 3. The van der Waals surface area contributed by atoms with Crippen molar-refractivity contribution < 1.29 is 23.1 Å². The molecule has 0 amide bonds. The minimum absolute atomic E-state index is 0.132. The zero-order chi connectivity index (χ0) is 22.3. The molecule has 0 aliphatic heterocycles. The second kappa shape index (κ2) is 10.0. The molecule has 1 aromatic heterocycles. The molecule has 6 nitrogen and oxygen atoms in total. The van der Waals surface area contributed by atoms with Crippen LogP contribution in [-0.2, 0) is 17.8 Å². The van der Waals surface area contributed by atoms with Crippen molar-refractivity contribution in [1.29, 1.82) is 0 Å². The van der Waals surface area contributed by atoms with Gasteiger partial charge in [0.2, 0.25) is 0 Å². The van der Waals surface area contributed by atoms with Crippen LogP contribution in [0, 0.1) is 0 Å². The molecule has 0 saturated carbocycles. The number of carboxylic acid groups (broad SMARTS) is 1. The first-order valence-corrected chi connectivity index (χ1v) is 9.12. The number of aromatic nitrogens is 1. The first-order valence-electron chi connectivity index (χ1n) is 8.74. The van der Waals surface area contributed by atoms with E-state index in [0.717, 1.165) is 18.0 Å². The van der Waals surface area contributed by atoms with Crippen molar-refractivity contribution in [2.24, 2.45) is 16.5 Å². The van der Waals surface area contributed by atoms with Crippen LogP contribution in [0.2, 0.25) is 5.02 Å². The minimum atomic E-state index is -5.08. The summed E-state index contributed by atoms with van der Waals surface area (Å²) >= 11 is 6.09. The molecule has 10 heteroatoms. The third kappa shape index (κ3) is 6.70. The Balaban J connectivity index is 0.000000396. The zero-order valence-electron chi connectivity index (χ0n) is 15.7. The Hall–Kier alpha value is -3.20. The molecule has 0 atom stereocenters. The summed E-state index contributed by atoms with van der Waals surface area (Å²) in [6.07, 6.45) is -2.10. The van der Waals surface area contributed by atoms with Crippen LogP contribution < -0.4 is 11.5 Å². The van der Waals surface area contributed by atoms with Gasteiger partial charge in [-0.1, -0.05) is 41.9 Å². The second-order valence-electron chi connectivity index (χ2n) is 6.29. The normalized spacial score (nSPS) is 10.9. The second-order valence-corrected chi connectivity index (χ2v) is 6.73. The number of benzene rings is 2. The number of halogens is 4. The molecule has 0 spiro atoms. The number of hydrogen-bond acceptors (Lipinski definition) is 2. The Kier molecular flexibility index (Phi) is 7.71. The summed E-state index contributed by atoms with van der Waals surface area (Å²) in [7, 11) is 0. The van der Waals surface area contributed by atoms with Gasteiger partial charge < -0.3 is 21.1 Å². The van der Waals surface area contributed by atoms with E-state index in [1.165, 1.54) is 22.0 Å². The Labute approximate surface area is 175 Å². The molecule has 160 valence electrons. The van der Waals surface area contributed by atoms with E-state index in [-0.39, 0.29) is 5.96 Å². The van der Waals surface area contributed by atoms with Crippen LogP contribution in [0.3, 0.4) is 0 Å². The summed E-state index contributed by atoms with van der Waals surface area (Å²) in [5.74, 6) is -2.62. The minimum Gasteiger partial charge on any atom is -0.475 e. The number of nitrogens with two attached hydrogens (primary N) is 2. The Morgan fingerprint density at radius 1 is 1.13 bits per heavy atom. The van der Waals surface area contributed by atoms with Crippen molar-refractivity contribution in [2.75, 3.05) is 6.54 Å². The highest BCUT2D eigenvalue weighted by molar-refractivity contribution is 6.30. The van der Waals surface area contributed by atoms with Crippen molar-refractivity contribution in [3.8, 4) is 0 Å². The van der Waals surface area contributed by atoms with E-state index >= 15 is 0 Å². The van der Waals surface area contributed by atoms with E-state index in [1.807, 2.05) is 18.2 Å². The van der Waals surface area contributed by atoms with E-state index < -0.39 is 12.1 Å². The summed E-state index contributed by atoms with van der Waals surface area (Å²) in [5.41, 5.74) is 14.4. The van der Waals surface area contributed by atoms with E-state index in [0.29, 0.717) is 6.54 Å². The van der Waals surface area contributed by atoms with Gasteiger partial charge in [0.15, 0.2) is 5.96 Å². The zero-order valence-corrected chi connectivity index (χ0v) is 16.5. The maximum atomic E-state index is 10.6. The average Bonchev–Trinajstić information content (AvgIpc) is 2.99. The van der Waals surface area contributed by atoms with Crippen molar-refractivity contribution in [2.45, 2.75) is 19.1 Å². The highest BCUT2D eigenvalue weighted by atomic mass is 35.5. The molecule has 0 unspecified atom stereocenters. The SMILES string of the molecule is NC(N)=NCCc1cn(Cc2cccc(Cl)c2)c2ccccc12.O=C(O)C(F)(F)F. The number of guanidine groups is 1. The summed E-state index contributed by atoms with van der Waals surface area (Å²) in [5, 5.41) is 9.12. The maximum Gasteiger partial charge on any atom is 0.490 e. The standard InChI is InChI=1S/C18H19ClN4.C2HF3O2/c19-15-5-3-4-13(10-15)11-23-12-14(8-9-22-18(20)21)16-6-1-2-7-17(16)23;3-2(4,5)1(6)7/h1-7,10,12H,8-9,11H2,(H4,20,21,22);(H,6,7). The van der Waals surface area contributed by atoms with Gasteiger partial charge in [-0.05, 0) is 35.7 Å². The number of alkyl halides is 3. The lowest BCUT2D eigenvalue weighted by Crippen LogP contribution is -2.23. The number of carbonyl (C=O) groups is 1. The van der Waals surface area contributed by atoms with Gasteiger partial charge in [-0.15, -0.1) is 0 Å². The van der Waals surface area contributed by atoms with Gasteiger partial charge in [-0.25, -0.2) is 4.79 Å². The monoisotopic (exact) mass is 440 g/mol. The van der Waals surface area contributed by atoms with Crippen LogP contribution in [0.4, 0.5) is 13.2 Å². The summed E-state index contributed by atoms with van der Waals surface area (Å²) in [6.45, 7) is 1.37. The Morgan fingerprint density at radius 2 is 1.80 bits per heavy atom. The van der Waals surface area contributed by atoms with Gasteiger partial charge in [0.25, 0.3) is 0 Å². The summed E-state index contributed by atoms with van der Waals surface area (Å²) in [6, 6.07) is 16.3. The Morgan fingerprint density at radius 3 is 2.40 bits per heavy atom. The fourth-order valence-corrected chi connectivity index (χ4v) is 3.00. The molecule has 0 saturated heterocycles. The van der Waals surface area contributed by atoms with Crippen molar-refractivity contribution in [1.82, 2.24) is 4.57 Å². The van der Waals surface area contributed by atoms with Crippen LogP contribution in [0.15, 0.2) is 59.7 Å². The molecule has 0 bridgehead atoms. The lowest BCUT2D eigenvalue weighted by molar-refractivity contribution is -0.192. The van der Waals surface area contributed by atoms with Crippen molar-refractivity contribution in [3.05, 3.63) is 70.9 Å². The molecule has 5 N–H and O–H groups in total. The predicted molar refractivity (Wildman–Crippen MR) is 111 cm³/mol. The first-order chi connectivity index (χ1) is 14.1. The van der Waals surface area contributed by atoms with Gasteiger partial charge >= 0.3 is 12.1 Å². The summed E-state index contributed by atoms with van der Waals surface area (Å²) < 4.78 is 34.0. The molecule has 0 aliphatic carbocycles. The molecule has 0 fully saturated rings. The van der Waals surface area contributed by atoms with E-state index in [4.69, 9.17) is 33.0 Å². The predicted octanol–water partition coefficient (Wildman–Crippen LogP) is 3.79.